The van der Waals surface area contributed by atoms with Gasteiger partial charge in [0.25, 0.3) is 0 Å². The molecule has 13 nitrogen and oxygen atoms in total. The van der Waals surface area contributed by atoms with Crippen molar-refractivity contribution in [1.29, 1.82) is 0 Å². The molecule has 0 saturated carbocycles. The van der Waals surface area contributed by atoms with Gasteiger partial charge in [-0.2, -0.15) is 0 Å². The minimum Gasteiger partial charge on any atom is -0.455 e. The van der Waals surface area contributed by atoms with Gasteiger partial charge in [-0.3, -0.25) is 9.97 Å². The Morgan fingerprint density at radius 2 is 0.549 bits per heavy atom. The number of hydrogen-bond acceptors (Lipinski definition) is 7. The number of benzene rings is 9. The molecule has 0 fully saturated rings. The van der Waals surface area contributed by atoms with Crippen molar-refractivity contribution in [2.45, 2.75) is 208 Å². The summed E-state index contributed by atoms with van der Waals surface area (Å²) >= 11 is 0. The summed E-state index contributed by atoms with van der Waals surface area (Å²) in [4.78, 5) is 12.7. The quantitative estimate of drug-likeness (QED) is 0.152. The zero-order valence-corrected chi connectivity index (χ0v) is 93.6. The number of rotatable bonds is 6. The van der Waals surface area contributed by atoms with Crippen molar-refractivity contribution in [2.24, 2.45) is 42.3 Å². The van der Waals surface area contributed by atoms with Crippen molar-refractivity contribution >= 4 is 109 Å². The van der Waals surface area contributed by atoms with E-state index < -0.39 is 0 Å². The summed E-state index contributed by atoms with van der Waals surface area (Å²) in [6.07, 6.45) is 21.5. The first kappa shape index (κ1) is 120. The Morgan fingerprint density at radius 3 is 1.00 bits per heavy atom. The van der Waals surface area contributed by atoms with Crippen molar-refractivity contribution < 1.29 is 45.1 Å². The first-order chi connectivity index (χ1) is 70.5. The minimum atomic E-state index is 0.693. The Morgan fingerprint density at radius 1 is 0.208 bits per heavy atom. The topological polar surface area (TPSA) is 115 Å². The summed E-state index contributed by atoms with van der Waals surface area (Å²) in [5, 5.41) is 14.1. The van der Waals surface area contributed by atoms with Crippen LogP contribution in [0.3, 0.4) is 0 Å². The lowest BCUT2D eigenvalue weighted by atomic mass is 9.97. The average Bonchev–Trinajstić information content (AvgIpc) is 1.61. The van der Waals surface area contributed by atoms with E-state index in [2.05, 4.69) is 382 Å². The number of nitrogens with zero attached hydrogens (tertiary/aromatic N) is 9. The molecule has 0 unspecified atom stereocenters. The second-order valence-corrected chi connectivity index (χ2v) is 30.7. The minimum absolute atomic E-state index is 0.693. The number of aromatic nitrogens is 9. The third-order valence-electron chi connectivity index (χ3n) is 22.9. The van der Waals surface area contributed by atoms with Gasteiger partial charge in [0.2, 0.25) is 39.9 Å². The van der Waals surface area contributed by atoms with Gasteiger partial charge in [0.15, 0.2) is 48.3 Å². The van der Waals surface area contributed by atoms with E-state index in [1.807, 2.05) is 233 Å². The van der Waals surface area contributed by atoms with Gasteiger partial charge in [-0.15, -0.1) is 0 Å². The third kappa shape index (κ3) is 28.5. The van der Waals surface area contributed by atoms with Gasteiger partial charge in [0.1, 0.15) is 70.2 Å². The molecular formula is C131H165N9O4+6. The first-order valence-electron chi connectivity index (χ1n) is 52.4. The molecule has 752 valence electrons. The molecule has 0 atom stereocenters. The maximum absolute atomic E-state index is 6.16. The van der Waals surface area contributed by atoms with E-state index in [4.69, 9.17) is 17.7 Å². The number of hydrogen-bond donors (Lipinski definition) is 0. The normalized spacial score (nSPS) is 9.81. The smallest absolute Gasteiger partial charge is 0.227 e. The molecule has 0 aliphatic heterocycles. The van der Waals surface area contributed by atoms with Crippen LogP contribution in [0.2, 0.25) is 0 Å². The number of para-hydroxylation sites is 1. The van der Waals surface area contributed by atoms with Crippen LogP contribution in [0.1, 0.15) is 200 Å². The Labute approximate surface area is 862 Å². The van der Waals surface area contributed by atoms with E-state index >= 15 is 0 Å². The van der Waals surface area contributed by atoms with E-state index in [1.54, 1.807) is 24.8 Å². The Hall–Kier alpha value is -15.0. The van der Waals surface area contributed by atoms with E-state index in [1.165, 1.54) is 99.5 Å². The molecule has 0 radical (unpaired) electrons. The largest absolute Gasteiger partial charge is 0.455 e. The Bertz CT molecular complexity index is 6930. The van der Waals surface area contributed by atoms with Crippen LogP contribution < -0.4 is 27.4 Å². The van der Waals surface area contributed by atoms with Gasteiger partial charge in [0, 0.05) is 151 Å². The highest BCUT2D eigenvalue weighted by molar-refractivity contribution is 6.13. The van der Waals surface area contributed by atoms with E-state index in [0.717, 1.165) is 105 Å². The van der Waals surface area contributed by atoms with E-state index in [0.29, 0.717) is 5.71 Å². The lowest BCUT2D eigenvalue weighted by Crippen LogP contribution is -2.30. The first-order valence-corrected chi connectivity index (χ1v) is 52.4. The molecule has 13 heterocycles. The fraction of sp³-hybridized carbons (Fsp3) is 0.275. The fourth-order valence-corrected chi connectivity index (χ4v) is 16.6. The van der Waals surface area contributed by atoms with Gasteiger partial charge in [-0.05, 0) is 170 Å². The van der Waals surface area contributed by atoms with Crippen LogP contribution in [0.4, 0.5) is 0 Å². The third-order valence-corrected chi connectivity index (χ3v) is 22.9. The second kappa shape index (κ2) is 63.1. The number of furan rings is 4. The van der Waals surface area contributed by atoms with Crippen LogP contribution >= 0.6 is 0 Å². The molecule has 22 aromatic rings. The van der Waals surface area contributed by atoms with Crippen LogP contribution in [0.15, 0.2) is 365 Å². The van der Waals surface area contributed by atoms with Gasteiger partial charge in [-0.1, -0.05) is 300 Å². The molecule has 0 bridgehead atoms. The molecule has 9 aromatic carbocycles. The number of aryl methyl sites for hydroxylation is 12. The Kier molecular flexibility index (Phi) is 52.3. The van der Waals surface area contributed by atoms with Crippen LogP contribution in [-0.2, 0) is 42.3 Å². The molecule has 0 N–H and O–H groups in total. The molecule has 0 aliphatic rings. The summed E-state index contributed by atoms with van der Waals surface area (Å²) < 4.78 is 37.3. The van der Waals surface area contributed by atoms with Crippen molar-refractivity contribution in [3.05, 3.63) is 381 Å². The average molecular weight is 1930 g/mol. The zero-order valence-electron chi connectivity index (χ0n) is 93.6. The van der Waals surface area contributed by atoms with Crippen LogP contribution in [0.5, 0.6) is 0 Å². The van der Waals surface area contributed by atoms with Gasteiger partial charge in [-0.25, -0.2) is 32.4 Å². The van der Waals surface area contributed by atoms with Gasteiger partial charge >= 0.3 is 0 Å². The van der Waals surface area contributed by atoms with Crippen molar-refractivity contribution in [3.63, 3.8) is 0 Å². The molecule has 0 amide bonds. The second-order valence-electron chi connectivity index (χ2n) is 30.7. The van der Waals surface area contributed by atoms with Crippen LogP contribution in [-0.4, -0.2) is 15.0 Å². The number of fused-ring (bicyclic) bond motifs is 14. The fourth-order valence-electron chi connectivity index (χ4n) is 16.6. The van der Waals surface area contributed by atoms with E-state index in [9.17, 15) is 0 Å². The van der Waals surface area contributed by atoms with E-state index in [-0.39, 0.29) is 0 Å². The summed E-state index contributed by atoms with van der Waals surface area (Å²) in [6.45, 7) is 60.8. The highest BCUT2D eigenvalue weighted by Gasteiger charge is 2.26. The summed E-state index contributed by atoms with van der Waals surface area (Å²) in [5.74, 6) is 0. The molecule has 22 rings (SSSR count). The standard InChI is InChI=1S/C21H18N.C19H16NO.3C18H15N2O.C13H14N.12C2H6/c1-15-19-10-6-5-7-16(19)11-12-20(15)21-13-17-8-3-4-9-18(17)14-22(21)2;1-13-10-11-15-14-7-3-4-9-17(14)21-19(15)18(13)16-8-5-6-12-20(16)2;1-12-8-9-13-14-6-5-10-19-18(14)21-17(13)16(12)15-7-3-4-11-20(15)2;1-12-6-7-14-13-8-9-19-11-16(13)21-18(14)17(12)15-5-3-4-10-20(15)2;1-12-6-7-13-14-11-19-9-8-16(14)21-18(13)17(12)15-5-3-4-10-20(15)2;1-11-7-3-4-8-12(11)13-9-5-6-10-14(13)2;12*1-2/h3-14H,1-2H3;3-12H,1-2H3;3*3-11H,1-2H3;3-10H,1-2H3;12*1-2H3/q6*+1;;;;;;;;;;;;. The maximum atomic E-state index is 6.16. The van der Waals surface area contributed by atoms with Crippen LogP contribution in [0, 0.1) is 41.5 Å². The summed E-state index contributed by atoms with van der Waals surface area (Å²) in [5.41, 5.74) is 28.9. The lowest BCUT2D eigenvalue weighted by molar-refractivity contribution is -0.660. The monoisotopic (exact) mass is 1930 g/mol. The maximum Gasteiger partial charge on any atom is 0.227 e. The van der Waals surface area contributed by atoms with Gasteiger partial charge < -0.3 is 17.7 Å². The highest BCUT2D eigenvalue weighted by Crippen LogP contribution is 2.42. The summed E-state index contributed by atoms with van der Waals surface area (Å²) in [6, 6.07) is 96.6. The Balaban J connectivity index is 0.000000292. The lowest BCUT2D eigenvalue weighted by Gasteiger charge is -2.09. The predicted molar refractivity (Wildman–Crippen MR) is 620 cm³/mol. The molecule has 0 saturated heterocycles. The van der Waals surface area contributed by atoms with Crippen LogP contribution in [0.25, 0.3) is 177 Å². The molecule has 13 heteroatoms. The predicted octanol–water partition coefficient (Wildman–Crippen LogP) is 35.3. The molecule has 0 aliphatic carbocycles. The molecule has 144 heavy (non-hydrogen) atoms. The molecule has 0 spiro atoms. The van der Waals surface area contributed by atoms with Crippen molar-refractivity contribution in [1.82, 2.24) is 15.0 Å². The highest BCUT2D eigenvalue weighted by atomic mass is 16.3. The van der Waals surface area contributed by atoms with Crippen molar-refractivity contribution in [2.75, 3.05) is 0 Å². The SMILES string of the molecule is CC.CC.CC.CC.CC.CC.CC.CC.CC.CC.CC.CC.Cc1c(-c2cc3ccccc3c[n+]2C)ccc2ccccc12.Cc1ccc2c(oc3ccccc32)c1-c1cccc[n+]1C.Cc1ccc2c(oc3ccncc32)c1-c1cccc[n+]1C.Cc1ccc2c(oc3cnccc32)c1-c1cccc[n+]1C.Cc1ccc2c(oc3ncccc32)c1-c1cccc[n+]1C.Cc1ccccc1-c1cccc[n+]1C. The molecule has 13 aromatic heterocycles. The summed E-state index contributed by atoms with van der Waals surface area (Å²) in [7, 11) is 12.4. The van der Waals surface area contributed by atoms with Crippen molar-refractivity contribution in [3.8, 4) is 67.5 Å². The van der Waals surface area contributed by atoms with Gasteiger partial charge in [0.05, 0.1) is 28.5 Å². The number of pyridine rings is 9. The molecular weight excluding hydrogens is 1760 g/mol. The zero-order chi connectivity index (χ0) is 107.